The van der Waals surface area contributed by atoms with Crippen molar-refractivity contribution in [2.75, 3.05) is 12.9 Å². The number of hydrogen-bond acceptors (Lipinski definition) is 5. The number of ether oxygens (including phenoxy) is 1. The summed E-state index contributed by atoms with van der Waals surface area (Å²) in [6, 6.07) is -1.22. The van der Waals surface area contributed by atoms with Crippen LogP contribution in [0.5, 0.6) is 0 Å². The van der Waals surface area contributed by atoms with Crippen molar-refractivity contribution in [3.05, 3.63) is 0 Å². The van der Waals surface area contributed by atoms with E-state index in [9.17, 15) is 18.0 Å². The second kappa shape index (κ2) is 5.66. The van der Waals surface area contributed by atoms with Crippen LogP contribution in [0.25, 0.3) is 0 Å². The fourth-order valence-corrected chi connectivity index (χ4v) is 1.99. The van der Waals surface area contributed by atoms with Crippen LogP contribution in [0.4, 0.5) is 0 Å². The second-order valence-electron chi connectivity index (χ2n) is 2.75. The van der Waals surface area contributed by atoms with E-state index < -0.39 is 33.8 Å². The lowest BCUT2D eigenvalue weighted by atomic mass is 10.2. The van der Waals surface area contributed by atoms with Crippen molar-refractivity contribution >= 4 is 22.0 Å². The monoisotopic (exact) mass is 239 g/mol. The third-order valence-electron chi connectivity index (χ3n) is 1.56. The minimum absolute atomic E-state index is 0.0930. The third-order valence-corrected chi connectivity index (χ3v) is 2.82. The van der Waals surface area contributed by atoms with Gasteiger partial charge in [-0.1, -0.05) is 6.92 Å². The Morgan fingerprint density at radius 1 is 1.47 bits per heavy atom. The van der Waals surface area contributed by atoms with Crippen LogP contribution in [0, 0.1) is 0 Å². The molecule has 0 rings (SSSR count). The van der Waals surface area contributed by atoms with Gasteiger partial charge in [0.05, 0.1) is 7.11 Å². The first-order valence-electron chi connectivity index (χ1n) is 4.12. The summed E-state index contributed by atoms with van der Waals surface area (Å²) in [7, 11) is -2.91. The number of methoxy groups -OCH3 is 1. The normalized spacial score (nSPS) is 13.2. The highest BCUT2D eigenvalue weighted by molar-refractivity contribution is 7.90. The number of carboxylic acids is 1. The molecule has 0 aromatic rings. The molecule has 0 aliphatic carbocycles. The van der Waals surface area contributed by atoms with Crippen molar-refractivity contribution < 1.29 is 27.9 Å². The number of aliphatic carboxylic acids is 1. The van der Waals surface area contributed by atoms with E-state index in [-0.39, 0.29) is 6.42 Å². The van der Waals surface area contributed by atoms with Crippen molar-refractivity contribution in [1.29, 1.82) is 0 Å². The summed E-state index contributed by atoms with van der Waals surface area (Å²) in [6.45, 7) is 1.51. The fourth-order valence-electron chi connectivity index (χ4n) is 0.781. The summed E-state index contributed by atoms with van der Waals surface area (Å²) in [6.07, 6.45) is 0.0930. The van der Waals surface area contributed by atoms with Gasteiger partial charge in [0, 0.05) is 0 Å². The average molecular weight is 239 g/mol. The van der Waals surface area contributed by atoms with E-state index >= 15 is 0 Å². The molecule has 0 bridgehead atoms. The first kappa shape index (κ1) is 13.8. The van der Waals surface area contributed by atoms with Crippen LogP contribution in [-0.4, -0.2) is 44.4 Å². The van der Waals surface area contributed by atoms with E-state index in [0.717, 1.165) is 7.11 Å². The van der Waals surface area contributed by atoms with Crippen LogP contribution in [0.15, 0.2) is 0 Å². The van der Waals surface area contributed by atoms with Gasteiger partial charge in [0.1, 0.15) is 6.04 Å². The van der Waals surface area contributed by atoms with Crippen molar-refractivity contribution in [3.8, 4) is 0 Å². The highest BCUT2D eigenvalue weighted by Gasteiger charge is 2.24. The summed E-state index contributed by atoms with van der Waals surface area (Å²) in [5.74, 6) is -3.11. The summed E-state index contributed by atoms with van der Waals surface area (Å²) in [5.41, 5.74) is 0. The highest BCUT2D eigenvalue weighted by Crippen LogP contribution is 1.96. The Kier molecular flexibility index (Phi) is 5.23. The van der Waals surface area contributed by atoms with E-state index in [2.05, 4.69) is 4.74 Å². The van der Waals surface area contributed by atoms with Crippen LogP contribution < -0.4 is 4.72 Å². The number of hydrogen-bond donors (Lipinski definition) is 2. The third kappa shape index (κ3) is 5.33. The minimum atomic E-state index is -3.95. The van der Waals surface area contributed by atoms with E-state index in [0.29, 0.717) is 0 Å². The Morgan fingerprint density at radius 3 is 2.33 bits per heavy atom. The molecule has 0 saturated carbocycles. The Balaban J connectivity index is 4.49. The predicted octanol–water partition coefficient (Wildman–Crippen LogP) is -1.06. The number of carbonyl (C=O) groups excluding carboxylic acids is 1. The zero-order valence-electron chi connectivity index (χ0n) is 8.39. The number of nitrogens with one attached hydrogen (secondary N) is 1. The zero-order chi connectivity index (χ0) is 12.1. The SMILES string of the molecule is CC[C@@H](NS(=O)(=O)CC(=O)OC)C(=O)O. The summed E-state index contributed by atoms with van der Waals surface area (Å²) < 4.78 is 28.4. The number of esters is 1. The first-order chi connectivity index (χ1) is 6.82. The molecule has 88 valence electrons. The van der Waals surface area contributed by atoms with Gasteiger partial charge >= 0.3 is 11.9 Å². The fraction of sp³-hybridized carbons (Fsp3) is 0.714. The first-order valence-corrected chi connectivity index (χ1v) is 5.77. The molecule has 0 unspecified atom stereocenters. The maximum atomic E-state index is 11.2. The van der Waals surface area contributed by atoms with Crippen molar-refractivity contribution in [3.63, 3.8) is 0 Å². The number of sulfonamides is 1. The van der Waals surface area contributed by atoms with Crippen LogP contribution >= 0.6 is 0 Å². The summed E-state index contributed by atoms with van der Waals surface area (Å²) >= 11 is 0. The second-order valence-corrected chi connectivity index (χ2v) is 4.51. The highest BCUT2D eigenvalue weighted by atomic mass is 32.2. The molecule has 0 aliphatic heterocycles. The van der Waals surface area contributed by atoms with Gasteiger partial charge in [0.2, 0.25) is 10.0 Å². The van der Waals surface area contributed by atoms with Crippen LogP contribution in [-0.2, 0) is 24.3 Å². The smallest absolute Gasteiger partial charge is 0.322 e. The van der Waals surface area contributed by atoms with Gasteiger partial charge < -0.3 is 9.84 Å². The average Bonchev–Trinajstić information content (AvgIpc) is 2.13. The maximum Gasteiger partial charge on any atom is 0.322 e. The molecule has 0 amide bonds. The lowest BCUT2D eigenvalue weighted by Gasteiger charge is -2.11. The lowest BCUT2D eigenvalue weighted by Crippen LogP contribution is -2.42. The molecule has 0 aromatic heterocycles. The van der Waals surface area contributed by atoms with Gasteiger partial charge in [-0.05, 0) is 6.42 Å². The molecule has 0 saturated heterocycles. The molecule has 15 heavy (non-hydrogen) atoms. The van der Waals surface area contributed by atoms with Crippen molar-refractivity contribution in [2.45, 2.75) is 19.4 Å². The molecule has 1 atom stereocenters. The van der Waals surface area contributed by atoms with Crippen molar-refractivity contribution in [1.82, 2.24) is 4.72 Å². The number of rotatable bonds is 6. The maximum absolute atomic E-state index is 11.2. The lowest BCUT2D eigenvalue weighted by molar-refractivity contribution is -0.139. The van der Waals surface area contributed by atoms with Crippen LogP contribution in [0.3, 0.4) is 0 Å². The Hall–Kier alpha value is -1.15. The summed E-state index contributed by atoms with van der Waals surface area (Å²) in [5, 5.41) is 8.58. The molecular formula is C7H13NO6S. The van der Waals surface area contributed by atoms with Gasteiger partial charge in [-0.25, -0.2) is 13.1 Å². The van der Waals surface area contributed by atoms with Crippen LogP contribution in [0.1, 0.15) is 13.3 Å². The van der Waals surface area contributed by atoms with E-state index in [4.69, 9.17) is 5.11 Å². The zero-order valence-corrected chi connectivity index (χ0v) is 9.20. The Labute approximate surface area is 87.5 Å². The number of carboxylic acid groups (broad SMARTS) is 1. The molecule has 0 spiro atoms. The molecule has 0 aliphatic rings. The summed E-state index contributed by atoms with van der Waals surface area (Å²) in [4.78, 5) is 21.2. The Bertz CT molecular complexity index is 335. The largest absolute Gasteiger partial charge is 0.480 e. The molecule has 8 heteroatoms. The van der Waals surface area contributed by atoms with Crippen LogP contribution in [0.2, 0.25) is 0 Å². The van der Waals surface area contributed by atoms with Gasteiger partial charge in [-0.15, -0.1) is 0 Å². The molecular weight excluding hydrogens is 226 g/mol. The molecule has 0 aromatic carbocycles. The molecule has 0 radical (unpaired) electrons. The molecule has 0 heterocycles. The van der Waals surface area contributed by atoms with Gasteiger partial charge in [-0.2, -0.15) is 0 Å². The van der Waals surface area contributed by atoms with E-state index in [1.165, 1.54) is 6.92 Å². The molecule has 2 N–H and O–H groups in total. The van der Waals surface area contributed by atoms with Gasteiger partial charge in [0.25, 0.3) is 0 Å². The minimum Gasteiger partial charge on any atom is -0.480 e. The molecule has 7 nitrogen and oxygen atoms in total. The van der Waals surface area contributed by atoms with E-state index in [1.54, 1.807) is 0 Å². The van der Waals surface area contributed by atoms with E-state index in [1.807, 2.05) is 4.72 Å². The number of carbonyl (C=O) groups is 2. The topological polar surface area (TPSA) is 110 Å². The quantitative estimate of drug-likeness (QED) is 0.572. The van der Waals surface area contributed by atoms with Gasteiger partial charge in [-0.3, -0.25) is 9.59 Å². The van der Waals surface area contributed by atoms with Gasteiger partial charge in [0.15, 0.2) is 5.75 Å². The standard InChI is InChI=1S/C7H13NO6S/c1-3-5(7(10)11)8-15(12,13)4-6(9)14-2/h5,8H,3-4H2,1-2H3,(H,10,11)/t5-/m1/s1. The van der Waals surface area contributed by atoms with Crippen molar-refractivity contribution in [2.24, 2.45) is 0 Å². The molecule has 0 fully saturated rings. The predicted molar refractivity (Wildman–Crippen MR) is 50.7 cm³/mol. The Morgan fingerprint density at radius 2 is 2.00 bits per heavy atom.